The van der Waals surface area contributed by atoms with Gasteiger partial charge in [0, 0.05) is 35.1 Å². The highest BCUT2D eigenvalue weighted by Gasteiger charge is 2.60. The Morgan fingerprint density at radius 1 is 1.23 bits per heavy atom. The van der Waals surface area contributed by atoms with Crippen molar-refractivity contribution in [3.63, 3.8) is 0 Å². The van der Waals surface area contributed by atoms with Crippen LogP contribution in [0.1, 0.15) is 25.3 Å². The molecule has 30 heavy (non-hydrogen) atoms. The molecule has 3 aliphatic rings. The zero-order valence-electron chi connectivity index (χ0n) is 16.3. The number of hydrogen-bond acceptors (Lipinski definition) is 6. The van der Waals surface area contributed by atoms with Crippen LogP contribution in [0.5, 0.6) is 0 Å². The van der Waals surface area contributed by atoms with E-state index in [-0.39, 0.29) is 23.1 Å². The summed E-state index contributed by atoms with van der Waals surface area (Å²) in [6, 6.07) is 12.9. The molecule has 0 saturated heterocycles. The Morgan fingerprint density at radius 3 is 2.77 bits per heavy atom. The van der Waals surface area contributed by atoms with Crippen molar-refractivity contribution in [3.8, 4) is 6.07 Å². The molecule has 5 rings (SSSR count). The summed E-state index contributed by atoms with van der Waals surface area (Å²) in [5, 5.41) is 13.0. The maximum absolute atomic E-state index is 13.5. The molecule has 0 fully saturated rings. The first kappa shape index (κ1) is 18.1. The number of rotatable bonds is 1. The molecular formula is C23H19N5O2. The molecule has 1 amide bonds. The quantitative estimate of drug-likeness (QED) is 0.765. The van der Waals surface area contributed by atoms with Crippen LogP contribution in [0.25, 0.3) is 0 Å². The number of aromatic nitrogens is 1. The topological polar surface area (TPSA) is 112 Å². The number of amides is 1. The number of pyridine rings is 1. The number of carbonyl (C=O) groups is 2. The van der Waals surface area contributed by atoms with Gasteiger partial charge in [-0.2, -0.15) is 5.26 Å². The first-order valence-electron chi connectivity index (χ1n) is 9.78. The molecule has 2 aliphatic heterocycles. The van der Waals surface area contributed by atoms with Crippen LogP contribution in [0.4, 0.5) is 11.4 Å². The van der Waals surface area contributed by atoms with Gasteiger partial charge in [-0.1, -0.05) is 25.1 Å². The molecule has 0 bridgehead atoms. The predicted molar refractivity (Wildman–Crippen MR) is 111 cm³/mol. The van der Waals surface area contributed by atoms with Crippen molar-refractivity contribution in [2.45, 2.75) is 25.2 Å². The summed E-state index contributed by atoms with van der Waals surface area (Å²) < 4.78 is 0. The van der Waals surface area contributed by atoms with Gasteiger partial charge in [-0.05, 0) is 30.5 Å². The minimum Gasteiger partial charge on any atom is -0.384 e. The van der Waals surface area contributed by atoms with Gasteiger partial charge in [0.1, 0.15) is 17.3 Å². The van der Waals surface area contributed by atoms with E-state index in [0.29, 0.717) is 41.1 Å². The van der Waals surface area contributed by atoms with Crippen molar-refractivity contribution in [3.05, 3.63) is 77.0 Å². The normalized spacial score (nSPS) is 25.2. The van der Waals surface area contributed by atoms with E-state index in [0.717, 1.165) is 0 Å². The van der Waals surface area contributed by atoms with Crippen LogP contribution in [0.15, 0.2) is 71.5 Å². The zero-order chi connectivity index (χ0) is 21.0. The van der Waals surface area contributed by atoms with Crippen molar-refractivity contribution in [2.75, 3.05) is 10.2 Å². The standard InChI is InChI=1S/C23H19N5O2/c1-13-9-18-20(19(29)10-13)23(15-6-2-3-7-17(15)27-22(23)30)16(11-24)21(25)28(18)14-5-4-8-26-12-14/h2-8,12-13H,9-10,25H2,1H3,(H,27,30)/t13-,23+/m0/s1. The third kappa shape index (κ3) is 2.16. The predicted octanol–water partition coefficient (Wildman–Crippen LogP) is 2.74. The van der Waals surface area contributed by atoms with Crippen LogP contribution in [0.2, 0.25) is 0 Å². The summed E-state index contributed by atoms with van der Waals surface area (Å²) in [6.07, 6.45) is 4.16. The second kappa shape index (κ2) is 6.29. The largest absolute Gasteiger partial charge is 0.384 e. The average molecular weight is 397 g/mol. The van der Waals surface area contributed by atoms with Gasteiger partial charge in [-0.25, -0.2) is 0 Å². The third-order valence-corrected chi connectivity index (χ3v) is 6.10. The molecule has 0 unspecified atom stereocenters. The average Bonchev–Trinajstić information content (AvgIpc) is 3.01. The van der Waals surface area contributed by atoms with Crippen molar-refractivity contribution < 1.29 is 9.59 Å². The number of para-hydroxylation sites is 1. The molecule has 1 aliphatic carbocycles. The molecule has 7 heteroatoms. The third-order valence-electron chi connectivity index (χ3n) is 6.10. The lowest BCUT2D eigenvalue weighted by Crippen LogP contribution is -2.51. The number of ketones is 1. The van der Waals surface area contributed by atoms with E-state index in [2.05, 4.69) is 16.4 Å². The van der Waals surface area contributed by atoms with E-state index in [9.17, 15) is 14.9 Å². The number of nitrogens with zero attached hydrogens (tertiary/aromatic N) is 3. The summed E-state index contributed by atoms with van der Waals surface area (Å²) in [4.78, 5) is 32.8. The number of nitrogens with two attached hydrogens (primary N) is 1. The van der Waals surface area contributed by atoms with E-state index in [1.165, 1.54) is 0 Å². The lowest BCUT2D eigenvalue weighted by molar-refractivity contribution is -0.123. The molecular weight excluding hydrogens is 378 g/mol. The summed E-state index contributed by atoms with van der Waals surface area (Å²) in [5.74, 6) is -0.309. The van der Waals surface area contributed by atoms with Gasteiger partial charge in [0.05, 0.1) is 17.5 Å². The fourth-order valence-corrected chi connectivity index (χ4v) is 4.96. The van der Waals surface area contributed by atoms with Crippen LogP contribution in [0.3, 0.4) is 0 Å². The van der Waals surface area contributed by atoms with Crippen molar-refractivity contribution >= 4 is 23.1 Å². The lowest BCUT2D eigenvalue weighted by atomic mass is 9.63. The van der Waals surface area contributed by atoms with E-state index in [1.807, 2.05) is 19.1 Å². The smallest absolute Gasteiger partial charge is 0.245 e. The molecule has 2 atom stereocenters. The van der Waals surface area contributed by atoms with Crippen molar-refractivity contribution in [2.24, 2.45) is 11.7 Å². The fraction of sp³-hybridized carbons (Fsp3) is 0.217. The number of hydrogen-bond donors (Lipinski definition) is 2. The molecule has 0 radical (unpaired) electrons. The maximum Gasteiger partial charge on any atom is 0.245 e. The summed E-state index contributed by atoms with van der Waals surface area (Å²) in [7, 11) is 0. The molecule has 3 heterocycles. The van der Waals surface area contributed by atoms with Crippen LogP contribution in [-0.2, 0) is 15.0 Å². The summed E-state index contributed by atoms with van der Waals surface area (Å²) >= 11 is 0. The minimum absolute atomic E-state index is 0.0652. The highest BCUT2D eigenvalue weighted by Crippen LogP contribution is 2.55. The van der Waals surface area contributed by atoms with Crippen LogP contribution in [0, 0.1) is 17.2 Å². The van der Waals surface area contributed by atoms with Gasteiger partial charge >= 0.3 is 0 Å². The fourth-order valence-electron chi connectivity index (χ4n) is 4.96. The first-order chi connectivity index (χ1) is 14.5. The molecule has 1 aromatic carbocycles. The number of benzene rings is 1. The number of fused-ring (bicyclic) bond motifs is 3. The Kier molecular flexibility index (Phi) is 3.80. The summed E-state index contributed by atoms with van der Waals surface area (Å²) in [6.45, 7) is 2.00. The highest BCUT2D eigenvalue weighted by atomic mass is 16.2. The number of nitriles is 1. The monoisotopic (exact) mass is 397 g/mol. The SMILES string of the molecule is C[C@@H]1CC(=O)C2=C(C1)N(c1cccnc1)C(N)=C(C#N)[C@@]21C(=O)Nc2ccccc21. The van der Waals surface area contributed by atoms with Gasteiger partial charge < -0.3 is 11.1 Å². The molecule has 7 nitrogen and oxygen atoms in total. The first-order valence-corrected chi connectivity index (χ1v) is 9.78. The Hall–Kier alpha value is -3.92. The van der Waals surface area contributed by atoms with Crippen molar-refractivity contribution in [1.29, 1.82) is 5.26 Å². The van der Waals surface area contributed by atoms with E-state index in [1.54, 1.807) is 41.6 Å². The van der Waals surface area contributed by atoms with E-state index in [4.69, 9.17) is 5.73 Å². The van der Waals surface area contributed by atoms with Crippen molar-refractivity contribution in [1.82, 2.24) is 4.98 Å². The van der Waals surface area contributed by atoms with E-state index >= 15 is 0 Å². The molecule has 0 saturated carbocycles. The van der Waals surface area contributed by atoms with Crippen LogP contribution >= 0.6 is 0 Å². The summed E-state index contributed by atoms with van der Waals surface area (Å²) in [5.41, 5.74) is 7.95. The maximum atomic E-state index is 13.5. The van der Waals surface area contributed by atoms with Gasteiger partial charge in [-0.15, -0.1) is 0 Å². The van der Waals surface area contributed by atoms with Gasteiger partial charge in [0.15, 0.2) is 5.78 Å². The minimum atomic E-state index is -1.53. The zero-order valence-corrected chi connectivity index (χ0v) is 16.3. The Labute approximate surface area is 173 Å². The van der Waals surface area contributed by atoms with Crippen LogP contribution in [-0.4, -0.2) is 16.7 Å². The molecule has 2 aromatic rings. The Bertz CT molecular complexity index is 1210. The Balaban J connectivity index is 1.90. The number of carbonyl (C=O) groups excluding carboxylic acids is 2. The lowest BCUT2D eigenvalue weighted by Gasteiger charge is -2.44. The van der Waals surface area contributed by atoms with Gasteiger partial charge in [0.25, 0.3) is 0 Å². The number of anilines is 2. The van der Waals surface area contributed by atoms with Gasteiger partial charge in [-0.3, -0.25) is 19.5 Å². The van der Waals surface area contributed by atoms with Gasteiger partial charge in [0.2, 0.25) is 5.91 Å². The molecule has 148 valence electrons. The highest BCUT2D eigenvalue weighted by molar-refractivity contribution is 6.19. The van der Waals surface area contributed by atoms with Crippen LogP contribution < -0.4 is 16.0 Å². The van der Waals surface area contributed by atoms with E-state index < -0.39 is 11.3 Å². The molecule has 1 aromatic heterocycles. The molecule has 3 N–H and O–H groups in total. The number of Topliss-reactive ketones (excluding diaryl/α,β-unsaturated/α-hetero) is 1. The number of nitrogens with one attached hydrogen (secondary N) is 1. The second-order valence-electron chi connectivity index (χ2n) is 7.93. The number of allylic oxidation sites excluding steroid dienone is 1. The molecule has 1 spiro atoms. The second-order valence-corrected chi connectivity index (χ2v) is 7.93. The Morgan fingerprint density at radius 2 is 2.03 bits per heavy atom.